The van der Waals surface area contributed by atoms with Gasteiger partial charge in [-0.05, 0) is 36.6 Å². The summed E-state index contributed by atoms with van der Waals surface area (Å²) in [6, 6.07) is 10.4. The number of nitrogens with one attached hydrogen (secondary N) is 3. The van der Waals surface area contributed by atoms with Gasteiger partial charge in [0.2, 0.25) is 0 Å². The van der Waals surface area contributed by atoms with Crippen molar-refractivity contribution in [2.75, 3.05) is 26.7 Å². The first kappa shape index (κ1) is 18.8. The first-order valence-electron chi connectivity index (χ1n) is 9.02. The number of rotatable bonds is 7. The van der Waals surface area contributed by atoms with Gasteiger partial charge in [-0.2, -0.15) is 0 Å². The van der Waals surface area contributed by atoms with Crippen molar-refractivity contribution in [3.05, 3.63) is 65.7 Å². The zero-order valence-electron chi connectivity index (χ0n) is 15.3. The number of guanidine groups is 1. The van der Waals surface area contributed by atoms with Crippen LogP contribution < -0.4 is 16.0 Å². The van der Waals surface area contributed by atoms with Crippen molar-refractivity contribution in [3.63, 3.8) is 0 Å². The molecule has 1 amide bonds. The maximum absolute atomic E-state index is 14.1. The van der Waals surface area contributed by atoms with Crippen LogP contribution in [0.25, 0.3) is 0 Å². The monoisotopic (exact) mass is 369 g/mol. The normalized spacial score (nSPS) is 15.1. The largest absolute Gasteiger partial charge is 0.356 e. The third-order valence-electron chi connectivity index (χ3n) is 4.74. The Morgan fingerprint density at radius 2 is 1.93 bits per heavy atom. The maximum Gasteiger partial charge on any atom is 0.252 e. The van der Waals surface area contributed by atoms with Crippen molar-refractivity contribution >= 4 is 11.9 Å². The number of carbonyl (C=O) groups is 1. The predicted octanol–water partition coefficient (Wildman–Crippen LogP) is 1.85. The number of aliphatic imine (C=N–C) groups is 1. The summed E-state index contributed by atoms with van der Waals surface area (Å²) in [6.07, 6.45) is 5.07. The zero-order chi connectivity index (χ0) is 19.1. The Bertz CT molecular complexity index is 805. The fourth-order valence-corrected chi connectivity index (χ4v) is 3.01. The summed E-state index contributed by atoms with van der Waals surface area (Å²) < 4.78 is 14.1. The van der Waals surface area contributed by atoms with E-state index in [0.717, 1.165) is 18.4 Å². The molecule has 0 bridgehead atoms. The molecule has 3 N–H and O–H groups in total. The van der Waals surface area contributed by atoms with Gasteiger partial charge >= 0.3 is 0 Å². The van der Waals surface area contributed by atoms with E-state index in [2.05, 4.69) is 25.9 Å². The molecule has 3 rings (SSSR count). The number of amides is 1. The molecule has 0 saturated heterocycles. The van der Waals surface area contributed by atoms with Gasteiger partial charge in [0.25, 0.3) is 5.91 Å². The molecule has 1 fully saturated rings. The summed E-state index contributed by atoms with van der Waals surface area (Å²) in [7, 11) is 1.69. The number of aromatic nitrogens is 1. The number of hydrogen-bond acceptors (Lipinski definition) is 3. The summed E-state index contributed by atoms with van der Waals surface area (Å²) in [5.74, 6) is 0.315. The molecule has 1 aromatic heterocycles. The highest BCUT2D eigenvalue weighted by molar-refractivity contribution is 5.93. The molecule has 1 aliphatic carbocycles. The second-order valence-corrected chi connectivity index (χ2v) is 6.61. The van der Waals surface area contributed by atoms with Gasteiger partial charge in [-0.1, -0.05) is 18.2 Å². The molecule has 7 heteroatoms. The number of nitrogens with zero attached hydrogens (tertiary/aromatic N) is 2. The minimum Gasteiger partial charge on any atom is -0.356 e. The van der Waals surface area contributed by atoms with Crippen LogP contribution in [-0.4, -0.2) is 43.5 Å². The van der Waals surface area contributed by atoms with Crippen molar-refractivity contribution in [3.8, 4) is 0 Å². The second kappa shape index (κ2) is 8.62. The SMILES string of the molecule is CN=C(NCCNC(=O)c1cccnc1)NCC1(c2ccccc2F)CC1. The van der Waals surface area contributed by atoms with Crippen LogP contribution in [0, 0.1) is 5.82 Å². The molecule has 1 aromatic carbocycles. The highest BCUT2D eigenvalue weighted by atomic mass is 19.1. The predicted molar refractivity (Wildman–Crippen MR) is 103 cm³/mol. The molecule has 6 nitrogen and oxygen atoms in total. The Hall–Kier alpha value is -2.96. The van der Waals surface area contributed by atoms with E-state index in [-0.39, 0.29) is 17.1 Å². The Morgan fingerprint density at radius 3 is 2.59 bits per heavy atom. The average molecular weight is 369 g/mol. The summed E-state index contributed by atoms with van der Waals surface area (Å²) in [5, 5.41) is 9.25. The highest BCUT2D eigenvalue weighted by Crippen LogP contribution is 2.48. The van der Waals surface area contributed by atoms with E-state index in [0.29, 0.717) is 31.2 Å². The lowest BCUT2D eigenvalue weighted by atomic mass is 9.95. The quantitative estimate of drug-likeness (QED) is 0.395. The minimum absolute atomic E-state index is 0.155. The molecule has 1 saturated carbocycles. The minimum atomic E-state index is -0.163. The first-order chi connectivity index (χ1) is 13.1. The van der Waals surface area contributed by atoms with Crippen LogP contribution in [0.5, 0.6) is 0 Å². The molecule has 0 unspecified atom stereocenters. The van der Waals surface area contributed by atoms with E-state index >= 15 is 0 Å². The Kier molecular flexibility index (Phi) is 6.01. The molecular weight excluding hydrogens is 345 g/mol. The van der Waals surface area contributed by atoms with Crippen molar-refractivity contribution < 1.29 is 9.18 Å². The van der Waals surface area contributed by atoms with Crippen LogP contribution in [0.3, 0.4) is 0 Å². The third kappa shape index (κ3) is 4.81. The summed E-state index contributed by atoms with van der Waals surface area (Å²) in [5.41, 5.74) is 1.13. The summed E-state index contributed by atoms with van der Waals surface area (Å²) in [6.45, 7) is 1.60. The fraction of sp³-hybridized carbons (Fsp3) is 0.350. The van der Waals surface area contributed by atoms with E-state index in [1.807, 2.05) is 12.1 Å². The standard InChI is InChI=1S/C20H24FN5O/c1-22-19(25-12-11-24-18(27)15-5-4-10-23-13-15)26-14-20(8-9-20)16-6-2-3-7-17(16)21/h2-7,10,13H,8-9,11-12,14H2,1H3,(H,24,27)(H2,22,25,26). The molecule has 27 heavy (non-hydrogen) atoms. The Balaban J connectivity index is 1.43. The smallest absolute Gasteiger partial charge is 0.252 e. The van der Waals surface area contributed by atoms with Gasteiger partial charge in [0.1, 0.15) is 5.82 Å². The molecule has 0 aliphatic heterocycles. The lowest BCUT2D eigenvalue weighted by Crippen LogP contribution is -2.44. The molecule has 0 atom stereocenters. The fourth-order valence-electron chi connectivity index (χ4n) is 3.01. The van der Waals surface area contributed by atoms with E-state index in [9.17, 15) is 9.18 Å². The van der Waals surface area contributed by atoms with Gasteiger partial charge in [-0.15, -0.1) is 0 Å². The molecule has 2 aromatic rings. The van der Waals surface area contributed by atoms with Crippen molar-refractivity contribution in [2.45, 2.75) is 18.3 Å². The number of halogens is 1. The first-order valence-corrected chi connectivity index (χ1v) is 9.02. The van der Waals surface area contributed by atoms with E-state index in [1.54, 1.807) is 31.4 Å². The van der Waals surface area contributed by atoms with Crippen molar-refractivity contribution in [2.24, 2.45) is 4.99 Å². The van der Waals surface area contributed by atoms with Crippen LogP contribution in [0.15, 0.2) is 53.8 Å². The topological polar surface area (TPSA) is 78.4 Å². The van der Waals surface area contributed by atoms with Gasteiger partial charge in [0, 0.05) is 44.5 Å². The average Bonchev–Trinajstić information content (AvgIpc) is 3.49. The maximum atomic E-state index is 14.1. The number of pyridine rings is 1. The van der Waals surface area contributed by atoms with Gasteiger partial charge in [-0.25, -0.2) is 4.39 Å². The highest BCUT2D eigenvalue weighted by Gasteiger charge is 2.45. The number of hydrogen-bond donors (Lipinski definition) is 3. The van der Waals surface area contributed by atoms with Crippen LogP contribution in [0.2, 0.25) is 0 Å². The zero-order valence-corrected chi connectivity index (χ0v) is 15.3. The number of carbonyl (C=O) groups excluding carboxylic acids is 1. The van der Waals surface area contributed by atoms with Crippen LogP contribution >= 0.6 is 0 Å². The van der Waals surface area contributed by atoms with E-state index in [1.165, 1.54) is 12.3 Å². The molecule has 0 radical (unpaired) electrons. The Labute approximate surface area is 158 Å². The lowest BCUT2D eigenvalue weighted by Gasteiger charge is -2.19. The Morgan fingerprint density at radius 1 is 1.15 bits per heavy atom. The van der Waals surface area contributed by atoms with Gasteiger partial charge < -0.3 is 16.0 Å². The van der Waals surface area contributed by atoms with Gasteiger partial charge in [0.05, 0.1) is 5.56 Å². The molecule has 1 aliphatic rings. The lowest BCUT2D eigenvalue weighted by molar-refractivity contribution is 0.0954. The summed E-state index contributed by atoms with van der Waals surface area (Å²) >= 11 is 0. The van der Waals surface area contributed by atoms with Crippen LogP contribution in [0.1, 0.15) is 28.8 Å². The third-order valence-corrected chi connectivity index (χ3v) is 4.74. The van der Waals surface area contributed by atoms with Crippen molar-refractivity contribution in [1.82, 2.24) is 20.9 Å². The molecule has 1 heterocycles. The van der Waals surface area contributed by atoms with E-state index < -0.39 is 0 Å². The number of benzene rings is 1. The van der Waals surface area contributed by atoms with Gasteiger partial charge in [-0.3, -0.25) is 14.8 Å². The van der Waals surface area contributed by atoms with Crippen LogP contribution in [0.4, 0.5) is 4.39 Å². The molecule has 0 spiro atoms. The second-order valence-electron chi connectivity index (χ2n) is 6.61. The van der Waals surface area contributed by atoms with Gasteiger partial charge in [0.15, 0.2) is 5.96 Å². The van der Waals surface area contributed by atoms with E-state index in [4.69, 9.17) is 0 Å². The molecular formula is C20H24FN5O. The summed E-state index contributed by atoms with van der Waals surface area (Å²) in [4.78, 5) is 20.1. The van der Waals surface area contributed by atoms with Crippen molar-refractivity contribution in [1.29, 1.82) is 0 Å². The molecule has 142 valence electrons. The van der Waals surface area contributed by atoms with Crippen LogP contribution in [-0.2, 0) is 5.41 Å².